The summed E-state index contributed by atoms with van der Waals surface area (Å²) < 4.78 is 24.2. The fourth-order valence-electron chi connectivity index (χ4n) is 2.98. The lowest BCUT2D eigenvalue weighted by Crippen LogP contribution is -2.46. The number of benzene rings is 1. The summed E-state index contributed by atoms with van der Waals surface area (Å²) in [6.07, 6.45) is 0.472. The first-order valence-electron chi connectivity index (χ1n) is 7.16. The highest BCUT2D eigenvalue weighted by Crippen LogP contribution is 2.45. The molecule has 2 N–H and O–H groups in total. The van der Waals surface area contributed by atoms with E-state index in [4.69, 9.17) is 15.2 Å². The van der Waals surface area contributed by atoms with Crippen LogP contribution in [0.1, 0.15) is 17.9 Å². The highest BCUT2D eigenvalue weighted by molar-refractivity contribution is 9.10. The van der Waals surface area contributed by atoms with E-state index in [1.54, 1.807) is 0 Å². The summed E-state index contributed by atoms with van der Waals surface area (Å²) in [6.45, 7) is -0.451. The number of hydrogen-bond acceptors (Lipinski definition) is 5. The van der Waals surface area contributed by atoms with Crippen molar-refractivity contribution >= 4 is 21.8 Å². The van der Waals surface area contributed by atoms with Gasteiger partial charge in [0.25, 0.3) is 0 Å². The van der Waals surface area contributed by atoms with Crippen molar-refractivity contribution in [2.24, 2.45) is 5.73 Å². The maximum atomic E-state index is 12.7. The number of halogens is 2. The summed E-state index contributed by atoms with van der Waals surface area (Å²) >= 11 is 3.51. The monoisotopic (exact) mass is 383 g/mol. The summed E-state index contributed by atoms with van der Waals surface area (Å²) in [4.78, 5) is 13.5. The fourth-order valence-corrected chi connectivity index (χ4v) is 3.74. The Labute approximate surface area is 141 Å². The van der Waals surface area contributed by atoms with Crippen molar-refractivity contribution < 1.29 is 18.7 Å². The molecule has 23 heavy (non-hydrogen) atoms. The smallest absolute Gasteiger partial charge is 0.243 e. The first kappa shape index (κ1) is 16.0. The van der Waals surface area contributed by atoms with Gasteiger partial charge in [-0.15, -0.1) is 0 Å². The predicted molar refractivity (Wildman–Crippen MR) is 82.7 cm³/mol. The number of carbonyl (C=O) groups is 1. The Morgan fingerprint density at radius 2 is 2.35 bits per heavy atom. The number of alkyl halides is 1. The van der Waals surface area contributed by atoms with Crippen LogP contribution in [0.5, 0.6) is 11.5 Å². The third kappa shape index (κ3) is 2.75. The maximum Gasteiger partial charge on any atom is 0.243 e. The molecule has 6 nitrogen and oxygen atoms in total. The molecule has 0 saturated carbocycles. The number of nitriles is 1. The zero-order valence-electron chi connectivity index (χ0n) is 12.2. The minimum Gasteiger partial charge on any atom is -0.454 e. The van der Waals surface area contributed by atoms with Gasteiger partial charge in [-0.1, -0.05) is 6.07 Å². The zero-order valence-corrected chi connectivity index (χ0v) is 13.8. The Morgan fingerprint density at radius 3 is 3.04 bits per heavy atom. The number of hydrogen-bond donors (Lipinski definition) is 1. The molecule has 1 aromatic rings. The van der Waals surface area contributed by atoms with Gasteiger partial charge in [-0.05, 0) is 34.0 Å². The average Bonchev–Trinajstić information content (AvgIpc) is 3.20. The van der Waals surface area contributed by atoms with Gasteiger partial charge in [0, 0.05) is 12.5 Å². The van der Waals surface area contributed by atoms with Crippen molar-refractivity contribution in [3.8, 4) is 17.6 Å². The van der Waals surface area contributed by atoms with E-state index in [9.17, 15) is 14.4 Å². The number of ether oxygens (including phenoxy) is 2. The molecular formula is C15H15BrFN3O3. The minimum absolute atomic E-state index is 0.0562. The standard InChI is InChI=1S/C15H15BrFN3O3/c16-13-10(1-2-12-14(13)23-7-22-12)8-3-9(5-18)20(6-8)15(21)11(19)4-17/h1-2,8-9,11H,3-4,6-7,19H2/t8-,9-,11-/m0/s1. The number of likely N-dealkylation sites (tertiary alicyclic amines) is 1. The summed E-state index contributed by atoms with van der Waals surface area (Å²) in [5.41, 5.74) is 6.41. The number of nitrogens with two attached hydrogens (primary N) is 1. The third-order valence-corrected chi connectivity index (χ3v) is 4.98. The molecule has 1 amide bonds. The molecule has 1 saturated heterocycles. The Balaban J connectivity index is 1.86. The molecule has 0 spiro atoms. The first-order valence-corrected chi connectivity index (χ1v) is 7.95. The largest absolute Gasteiger partial charge is 0.454 e. The van der Waals surface area contributed by atoms with Crippen molar-refractivity contribution in [2.45, 2.75) is 24.4 Å². The van der Waals surface area contributed by atoms with E-state index >= 15 is 0 Å². The Morgan fingerprint density at radius 1 is 1.57 bits per heavy atom. The molecule has 0 unspecified atom stereocenters. The molecule has 0 radical (unpaired) electrons. The Hall–Kier alpha value is -1.85. The van der Waals surface area contributed by atoms with E-state index in [1.807, 2.05) is 12.1 Å². The van der Waals surface area contributed by atoms with Crippen LogP contribution < -0.4 is 15.2 Å². The summed E-state index contributed by atoms with van der Waals surface area (Å²) in [5, 5.41) is 9.29. The van der Waals surface area contributed by atoms with E-state index in [0.717, 1.165) is 10.0 Å². The molecule has 2 aliphatic rings. The van der Waals surface area contributed by atoms with Gasteiger partial charge < -0.3 is 20.1 Å². The first-order chi connectivity index (χ1) is 11.1. The van der Waals surface area contributed by atoms with E-state index in [1.165, 1.54) is 4.90 Å². The lowest BCUT2D eigenvalue weighted by atomic mass is 9.96. The maximum absolute atomic E-state index is 12.7. The minimum atomic E-state index is -1.22. The van der Waals surface area contributed by atoms with E-state index in [0.29, 0.717) is 24.5 Å². The number of amides is 1. The number of fused-ring (bicyclic) bond motifs is 1. The molecule has 0 aromatic heterocycles. The van der Waals surface area contributed by atoms with Gasteiger partial charge in [-0.25, -0.2) is 4.39 Å². The molecule has 3 rings (SSSR count). The van der Waals surface area contributed by atoms with Gasteiger partial charge >= 0.3 is 0 Å². The second-order valence-electron chi connectivity index (χ2n) is 5.53. The van der Waals surface area contributed by atoms with Crippen LogP contribution in [0.25, 0.3) is 0 Å². The zero-order chi connectivity index (χ0) is 16.6. The number of carbonyl (C=O) groups excluding carboxylic acids is 1. The predicted octanol–water partition coefficient (Wildman–Crippen LogP) is 1.68. The number of nitrogens with zero attached hydrogens (tertiary/aromatic N) is 2. The molecule has 3 atom stereocenters. The van der Waals surface area contributed by atoms with Crippen molar-refractivity contribution in [1.29, 1.82) is 5.26 Å². The lowest BCUT2D eigenvalue weighted by molar-refractivity contribution is -0.132. The van der Waals surface area contributed by atoms with Crippen LogP contribution in [0.2, 0.25) is 0 Å². The van der Waals surface area contributed by atoms with Gasteiger partial charge in [0.15, 0.2) is 11.5 Å². The quantitative estimate of drug-likeness (QED) is 0.857. The average molecular weight is 384 g/mol. The van der Waals surface area contributed by atoms with E-state index in [-0.39, 0.29) is 12.7 Å². The molecule has 122 valence electrons. The molecule has 0 aliphatic carbocycles. The van der Waals surface area contributed by atoms with Crippen molar-refractivity contribution in [3.63, 3.8) is 0 Å². The van der Waals surface area contributed by atoms with E-state index < -0.39 is 24.7 Å². The second-order valence-corrected chi connectivity index (χ2v) is 6.32. The molecular weight excluding hydrogens is 369 g/mol. The summed E-state index contributed by atoms with van der Waals surface area (Å²) in [7, 11) is 0. The van der Waals surface area contributed by atoms with Crippen LogP contribution in [-0.4, -0.2) is 42.9 Å². The van der Waals surface area contributed by atoms with Crippen LogP contribution in [0, 0.1) is 11.3 Å². The van der Waals surface area contributed by atoms with Crippen LogP contribution in [0.15, 0.2) is 16.6 Å². The fraction of sp³-hybridized carbons (Fsp3) is 0.467. The molecule has 0 bridgehead atoms. The molecule has 8 heteroatoms. The SMILES string of the molecule is N#C[C@@H]1C[C@H](c2ccc3c(c2Br)OCO3)CN1C(=O)[C@@H](N)CF. The van der Waals surface area contributed by atoms with Crippen LogP contribution in [-0.2, 0) is 4.79 Å². The van der Waals surface area contributed by atoms with Gasteiger partial charge in [-0.3, -0.25) is 4.79 Å². The van der Waals surface area contributed by atoms with Crippen molar-refractivity contribution in [1.82, 2.24) is 4.90 Å². The Kier molecular flexibility index (Phi) is 4.41. The third-order valence-electron chi connectivity index (χ3n) is 4.16. The van der Waals surface area contributed by atoms with Crippen LogP contribution >= 0.6 is 15.9 Å². The molecule has 1 fully saturated rings. The lowest BCUT2D eigenvalue weighted by Gasteiger charge is -2.22. The van der Waals surface area contributed by atoms with Crippen LogP contribution in [0.3, 0.4) is 0 Å². The molecule has 2 aliphatic heterocycles. The van der Waals surface area contributed by atoms with Crippen molar-refractivity contribution in [2.75, 3.05) is 20.0 Å². The summed E-state index contributed by atoms with van der Waals surface area (Å²) in [5.74, 6) is 0.696. The van der Waals surface area contributed by atoms with Gasteiger partial charge in [-0.2, -0.15) is 5.26 Å². The second kappa shape index (κ2) is 6.34. The topological polar surface area (TPSA) is 88.6 Å². The van der Waals surface area contributed by atoms with Gasteiger partial charge in [0.1, 0.15) is 18.8 Å². The summed E-state index contributed by atoms with van der Waals surface area (Å²) in [6, 6.07) is 3.97. The molecule has 1 aromatic carbocycles. The van der Waals surface area contributed by atoms with Gasteiger partial charge in [0.2, 0.25) is 12.7 Å². The van der Waals surface area contributed by atoms with E-state index in [2.05, 4.69) is 22.0 Å². The molecule has 2 heterocycles. The Bertz CT molecular complexity index is 679. The van der Waals surface area contributed by atoms with Gasteiger partial charge in [0.05, 0.1) is 10.5 Å². The number of rotatable bonds is 3. The normalized spacial score (nSPS) is 23.7. The van der Waals surface area contributed by atoms with Crippen LogP contribution in [0.4, 0.5) is 4.39 Å². The highest BCUT2D eigenvalue weighted by Gasteiger charge is 2.39. The highest BCUT2D eigenvalue weighted by atomic mass is 79.9. The van der Waals surface area contributed by atoms with Crippen molar-refractivity contribution in [3.05, 3.63) is 22.2 Å².